The van der Waals surface area contributed by atoms with Gasteiger partial charge in [-0.25, -0.2) is 0 Å². The van der Waals surface area contributed by atoms with Crippen LogP contribution in [0.5, 0.6) is 0 Å². The standard InChI is InChI=1S/C17H18BrNO2/c18-15-8-4-5-13(11-15)9-10-17(21)19-16(12-20)14-6-2-1-3-7-14/h1-8,11,16,20H,9-10,12H2,(H,19,21)/t16-/m1/s1. The average Bonchev–Trinajstić information content (AvgIpc) is 2.51. The first-order valence-electron chi connectivity index (χ1n) is 6.88. The Hall–Kier alpha value is -1.65. The number of benzene rings is 2. The molecule has 0 saturated carbocycles. The Kier molecular flexibility index (Phi) is 5.96. The number of nitrogens with one attached hydrogen (secondary N) is 1. The van der Waals surface area contributed by atoms with Gasteiger partial charge in [0.2, 0.25) is 5.91 Å². The maximum absolute atomic E-state index is 12.0. The summed E-state index contributed by atoms with van der Waals surface area (Å²) < 4.78 is 1.01. The van der Waals surface area contributed by atoms with Gasteiger partial charge in [-0.1, -0.05) is 58.4 Å². The Morgan fingerprint density at radius 2 is 1.90 bits per heavy atom. The van der Waals surface area contributed by atoms with Crippen molar-refractivity contribution in [1.82, 2.24) is 5.32 Å². The number of carbonyl (C=O) groups excluding carboxylic acids is 1. The van der Waals surface area contributed by atoms with Crippen LogP contribution in [0.1, 0.15) is 23.6 Å². The molecule has 0 aliphatic rings. The minimum atomic E-state index is -0.346. The van der Waals surface area contributed by atoms with Crippen LogP contribution >= 0.6 is 15.9 Å². The highest BCUT2D eigenvalue weighted by atomic mass is 79.9. The summed E-state index contributed by atoms with van der Waals surface area (Å²) in [6.07, 6.45) is 1.08. The maximum atomic E-state index is 12.0. The topological polar surface area (TPSA) is 49.3 Å². The predicted octanol–water partition coefficient (Wildman–Crippen LogP) is 3.23. The molecule has 0 saturated heterocycles. The molecule has 0 spiro atoms. The zero-order valence-electron chi connectivity index (χ0n) is 11.6. The van der Waals surface area contributed by atoms with E-state index in [-0.39, 0.29) is 18.6 Å². The molecule has 110 valence electrons. The van der Waals surface area contributed by atoms with E-state index in [4.69, 9.17) is 0 Å². The van der Waals surface area contributed by atoms with Crippen molar-refractivity contribution in [1.29, 1.82) is 0 Å². The van der Waals surface area contributed by atoms with Gasteiger partial charge in [-0.15, -0.1) is 0 Å². The van der Waals surface area contributed by atoms with Gasteiger partial charge in [0.1, 0.15) is 0 Å². The van der Waals surface area contributed by atoms with Crippen molar-refractivity contribution in [2.24, 2.45) is 0 Å². The lowest BCUT2D eigenvalue weighted by atomic mass is 10.1. The molecule has 1 amide bonds. The van der Waals surface area contributed by atoms with E-state index in [9.17, 15) is 9.90 Å². The molecule has 1 atom stereocenters. The zero-order chi connectivity index (χ0) is 15.1. The van der Waals surface area contributed by atoms with Crippen LogP contribution < -0.4 is 5.32 Å². The Morgan fingerprint density at radius 3 is 2.57 bits per heavy atom. The highest BCUT2D eigenvalue weighted by Gasteiger charge is 2.13. The molecular formula is C17H18BrNO2. The van der Waals surface area contributed by atoms with Crippen molar-refractivity contribution in [3.05, 3.63) is 70.2 Å². The number of aliphatic hydroxyl groups excluding tert-OH is 1. The highest BCUT2D eigenvalue weighted by Crippen LogP contribution is 2.14. The van der Waals surface area contributed by atoms with Gasteiger partial charge in [-0.2, -0.15) is 0 Å². The van der Waals surface area contributed by atoms with Crippen molar-refractivity contribution in [2.45, 2.75) is 18.9 Å². The molecular weight excluding hydrogens is 330 g/mol. The van der Waals surface area contributed by atoms with Gasteiger partial charge < -0.3 is 10.4 Å². The van der Waals surface area contributed by atoms with E-state index < -0.39 is 0 Å². The number of carbonyl (C=O) groups is 1. The molecule has 21 heavy (non-hydrogen) atoms. The normalized spacial score (nSPS) is 11.9. The quantitative estimate of drug-likeness (QED) is 0.842. The minimum absolute atomic E-state index is 0.0575. The lowest BCUT2D eigenvalue weighted by Crippen LogP contribution is -2.30. The van der Waals surface area contributed by atoms with Crippen LogP contribution in [-0.2, 0) is 11.2 Å². The molecule has 0 bridgehead atoms. The number of aliphatic hydroxyl groups is 1. The molecule has 2 aromatic rings. The zero-order valence-corrected chi connectivity index (χ0v) is 13.2. The molecule has 2 N–H and O–H groups in total. The van der Waals surface area contributed by atoms with Crippen LogP contribution in [0.15, 0.2) is 59.1 Å². The maximum Gasteiger partial charge on any atom is 0.220 e. The van der Waals surface area contributed by atoms with E-state index in [1.54, 1.807) is 0 Å². The van der Waals surface area contributed by atoms with E-state index in [0.717, 1.165) is 15.6 Å². The Bertz CT molecular complexity index is 586. The molecule has 0 aromatic heterocycles. The Balaban J connectivity index is 1.89. The van der Waals surface area contributed by atoms with Crippen LogP contribution in [-0.4, -0.2) is 17.6 Å². The van der Waals surface area contributed by atoms with E-state index in [0.29, 0.717) is 12.8 Å². The van der Waals surface area contributed by atoms with Gasteiger partial charge in [0.15, 0.2) is 0 Å². The number of halogens is 1. The summed E-state index contributed by atoms with van der Waals surface area (Å²) in [6, 6.07) is 17.1. The van der Waals surface area contributed by atoms with E-state index in [1.807, 2.05) is 54.6 Å². The molecule has 0 fully saturated rings. The van der Waals surface area contributed by atoms with Crippen molar-refractivity contribution in [3.63, 3.8) is 0 Å². The summed E-state index contributed by atoms with van der Waals surface area (Å²) in [4.78, 5) is 12.0. The molecule has 3 nitrogen and oxygen atoms in total. The second kappa shape index (κ2) is 7.96. The summed E-state index contributed by atoms with van der Waals surface area (Å²) in [5.74, 6) is -0.0575. The lowest BCUT2D eigenvalue weighted by Gasteiger charge is -2.16. The van der Waals surface area contributed by atoms with Gasteiger partial charge in [-0.3, -0.25) is 4.79 Å². The average molecular weight is 348 g/mol. The van der Waals surface area contributed by atoms with E-state index in [2.05, 4.69) is 21.2 Å². The Morgan fingerprint density at radius 1 is 1.14 bits per heavy atom. The number of hydrogen-bond acceptors (Lipinski definition) is 2. The molecule has 4 heteroatoms. The number of rotatable bonds is 6. The van der Waals surface area contributed by atoms with Gasteiger partial charge in [0.05, 0.1) is 12.6 Å². The van der Waals surface area contributed by atoms with Gasteiger partial charge in [0, 0.05) is 10.9 Å². The smallest absolute Gasteiger partial charge is 0.220 e. The van der Waals surface area contributed by atoms with E-state index in [1.165, 1.54) is 0 Å². The summed E-state index contributed by atoms with van der Waals surface area (Å²) in [5, 5.41) is 12.3. The van der Waals surface area contributed by atoms with Crippen molar-refractivity contribution in [3.8, 4) is 0 Å². The van der Waals surface area contributed by atoms with Gasteiger partial charge in [0.25, 0.3) is 0 Å². The van der Waals surface area contributed by atoms with Crippen molar-refractivity contribution in [2.75, 3.05) is 6.61 Å². The number of hydrogen-bond donors (Lipinski definition) is 2. The second-order valence-corrected chi connectivity index (χ2v) is 5.76. The van der Waals surface area contributed by atoms with Crippen LogP contribution in [0.25, 0.3) is 0 Å². The fraction of sp³-hybridized carbons (Fsp3) is 0.235. The minimum Gasteiger partial charge on any atom is -0.394 e. The predicted molar refractivity (Wildman–Crippen MR) is 86.9 cm³/mol. The van der Waals surface area contributed by atoms with Crippen LogP contribution in [0.3, 0.4) is 0 Å². The molecule has 2 rings (SSSR count). The fourth-order valence-electron chi connectivity index (χ4n) is 2.14. The van der Waals surface area contributed by atoms with Gasteiger partial charge in [-0.05, 0) is 29.7 Å². The summed E-state index contributed by atoms with van der Waals surface area (Å²) in [6.45, 7) is -0.105. The number of amides is 1. The summed E-state index contributed by atoms with van der Waals surface area (Å²) in [5.41, 5.74) is 2.02. The third-order valence-corrected chi connectivity index (χ3v) is 3.74. The third kappa shape index (κ3) is 4.99. The highest BCUT2D eigenvalue weighted by molar-refractivity contribution is 9.10. The second-order valence-electron chi connectivity index (χ2n) is 4.84. The first kappa shape index (κ1) is 15.7. The molecule has 0 aliphatic carbocycles. The fourth-order valence-corrected chi connectivity index (χ4v) is 2.58. The lowest BCUT2D eigenvalue weighted by molar-refractivity contribution is -0.122. The third-order valence-electron chi connectivity index (χ3n) is 3.25. The largest absolute Gasteiger partial charge is 0.394 e. The molecule has 0 unspecified atom stereocenters. The SMILES string of the molecule is O=C(CCc1cccc(Br)c1)N[C@H](CO)c1ccccc1. The molecule has 0 aliphatic heterocycles. The molecule has 0 radical (unpaired) electrons. The first-order chi connectivity index (χ1) is 10.2. The van der Waals surface area contributed by atoms with Crippen LogP contribution in [0.4, 0.5) is 0 Å². The summed E-state index contributed by atoms with van der Waals surface area (Å²) >= 11 is 3.42. The van der Waals surface area contributed by atoms with E-state index >= 15 is 0 Å². The molecule has 0 heterocycles. The van der Waals surface area contributed by atoms with Crippen LogP contribution in [0, 0.1) is 0 Å². The monoisotopic (exact) mass is 347 g/mol. The van der Waals surface area contributed by atoms with Gasteiger partial charge >= 0.3 is 0 Å². The Labute approximate surface area is 133 Å². The van der Waals surface area contributed by atoms with Crippen LogP contribution in [0.2, 0.25) is 0 Å². The number of aryl methyl sites for hydroxylation is 1. The van der Waals surface area contributed by atoms with Crippen molar-refractivity contribution >= 4 is 21.8 Å². The first-order valence-corrected chi connectivity index (χ1v) is 7.68. The summed E-state index contributed by atoms with van der Waals surface area (Å²) in [7, 11) is 0. The molecule has 2 aromatic carbocycles. The van der Waals surface area contributed by atoms with Crippen molar-refractivity contribution < 1.29 is 9.90 Å².